The Balaban J connectivity index is 1.50. The van der Waals surface area contributed by atoms with E-state index in [1.54, 1.807) is 25.1 Å². The first-order valence-corrected chi connectivity index (χ1v) is 10.8. The van der Waals surface area contributed by atoms with Crippen LogP contribution in [0, 0.1) is 0 Å². The van der Waals surface area contributed by atoms with Crippen molar-refractivity contribution in [3.8, 4) is 5.75 Å². The number of aryl methyl sites for hydroxylation is 1. The molecule has 1 saturated heterocycles. The molecule has 2 aromatic heterocycles. The number of fused-ring (bicyclic) bond motifs is 1. The van der Waals surface area contributed by atoms with Gasteiger partial charge in [-0.25, -0.2) is 14.2 Å². The van der Waals surface area contributed by atoms with Gasteiger partial charge in [0.1, 0.15) is 29.4 Å². The third-order valence-corrected chi connectivity index (χ3v) is 5.71. The first-order valence-electron chi connectivity index (χ1n) is 10.8. The van der Waals surface area contributed by atoms with Crippen LogP contribution < -0.4 is 16.0 Å². The Morgan fingerprint density at radius 3 is 2.47 bits per heavy atom. The van der Waals surface area contributed by atoms with E-state index in [-0.39, 0.29) is 17.9 Å². The molecule has 0 bridgehead atoms. The highest BCUT2D eigenvalue weighted by molar-refractivity contribution is 5.75. The van der Waals surface area contributed by atoms with Crippen molar-refractivity contribution in [2.45, 2.75) is 45.4 Å². The number of rotatable bonds is 7. The zero-order valence-corrected chi connectivity index (χ0v) is 18.3. The zero-order valence-electron chi connectivity index (χ0n) is 18.3. The second-order valence-electron chi connectivity index (χ2n) is 7.85. The molecule has 0 atom stereocenters. The number of ether oxygens (including phenoxy) is 2. The van der Waals surface area contributed by atoms with Gasteiger partial charge in [0.15, 0.2) is 5.65 Å². The highest BCUT2D eigenvalue weighted by Gasteiger charge is 2.33. The molecule has 1 aromatic carbocycles. The number of hydrogen-bond acceptors (Lipinski definition) is 5. The maximum absolute atomic E-state index is 14.6. The van der Waals surface area contributed by atoms with Crippen molar-refractivity contribution in [2.24, 2.45) is 0 Å². The minimum atomic E-state index is -1.34. The molecule has 0 unspecified atom stereocenters. The predicted molar refractivity (Wildman–Crippen MR) is 121 cm³/mol. The standard InChI is InChI=1S/C23H27FN4O4/c1-3-27-20-19(21(29)28(4-2)22(27)30)25-18(26-20)10-7-16-5-8-17(9-6-16)32-15-23(24)11-13-31-14-12-23/h5-10H,3-4,11-15H2,1-2H3,(H,25,26)/b10-7+. The van der Waals surface area contributed by atoms with Crippen LogP contribution in [0.4, 0.5) is 4.39 Å². The van der Waals surface area contributed by atoms with Gasteiger partial charge < -0.3 is 14.5 Å². The summed E-state index contributed by atoms with van der Waals surface area (Å²) < 4.78 is 28.1. The summed E-state index contributed by atoms with van der Waals surface area (Å²) in [6.07, 6.45) is 4.28. The fraction of sp³-hybridized carbons (Fsp3) is 0.435. The van der Waals surface area contributed by atoms with Crippen molar-refractivity contribution in [1.29, 1.82) is 0 Å². The summed E-state index contributed by atoms with van der Waals surface area (Å²) in [4.78, 5) is 32.5. The van der Waals surface area contributed by atoms with Gasteiger partial charge in [0, 0.05) is 39.1 Å². The van der Waals surface area contributed by atoms with E-state index in [0.29, 0.717) is 61.9 Å². The molecule has 1 N–H and O–H groups in total. The Morgan fingerprint density at radius 1 is 1.12 bits per heavy atom. The van der Waals surface area contributed by atoms with E-state index in [9.17, 15) is 14.0 Å². The number of imidazole rings is 1. The highest BCUT2D eigenvalue weighted by Crippen LogP contribution is 2.26. The van der Waals surface area contributed by atoms with Gasteiger partial charge in [-0.15, -0.1) is 0 Å². The lowest BCUT2D eigenvalue weighted by molar-refractivity contribution is -0.0323. The van der Waals surface area contributed by atoms with Gasteiger partial charge in [0.25, 0.3) is 5.56 Å². The Bertz CT molecular complexity index is 1230. The van der Waals surface area contributed by atoms with E-state index < -0.39 is 5.67 Å². The summed E-state index contributed by atoms with van der Waals surface area (Å²) in [5, 5.41) is 0. The van der Waals surface area contributed by atoms with Crippen LogP contribution in [-0.2, 0) is 17.8 Å². The van der Waals surface area contributed by atoms with E-state index >= 15 is 0 Å². The van der Waals surface area contributed by atoms with E-state index in [1.165, 1.54) is 9.13 Å². The van der Waals surface area contributed by atoms with Crippen molar-refractivity contribution < 1.29 is 13.9 Å². The second-order valence-corrected chi connectivity index (χ2v) is 7.85. The largest absolute Gasteiger partial charge is 0.490 e. The van der Waals surface area contributed by atoms with Crippen LogP contribution in [0.3, 0.4) is 0 Å². The van der Waals surface area contributed by atoms with Gasteiger partial charge in [-0.05, 0) is 37.6 Å². The van der Waals surface area contributed by atoms with Crippen LogP contribution in [-0.4, -0.2) is 44.6 Å². The third kappa shape index (κ3) is 4.38. The van der Waals surface area contributed by atoms with Crippen molar-refractivity contribution in [1.82, 2.24) is 19.1 Å². The predicted octanol–water partition coefficient (Wildman–Crippen LogP) is 2.99. The molecule has 1 fully saturated rings. The van der Waals surface area contributed by atoms with Crippen LogP contribution >= 0.6 is 0 Å². The molecular weight excluding hydrogens is 415 g/mol. The molecule has 4 rings (SSSR count). The second kappa shape index (κ2) is 9.12. The number of hydrogen-bond donors (Lipinski definition) is 1. The number of H-pyrrole nitrogens is 1. The number of benzene rings is 1. The monoisotopic (exact) mass is 442 g/mol. The van der Waals surface area contributed by atoms with Gasteiger partial charge in [-0.3, -0.25) is 13.9 Å². The molecular formula is C23H27FN4O4. The van der Waals surface area contributed by atoms with Crippen LogP contribution in [0.2, 0.25) is 0 Å². The highest BCUT2D eigenvalue weighted by atomic mass is 19.1. The van der Waals surface area contributed by atoms with Crippen LogP contribution in [0.25, 0.3) is 23.3 Å². The summed E-state index contributed by atoms with van der Waals surface area (Å²) in [7, 11) is 0. The molecule has 0 spiro atoms. The summed E-state index contributed by atoms with van der Waals surface area (Å²) in [6, 6.07) is 7.29. The lowest BCUT2D eigenvalue weighted by atomic mass is 9.98. The number of nitrogens with one attached hydrogen (secondary N) is 1. The summed E-state index contributed by atoms with van der Waals surface area (Å²) in [6.45, 7) is 5.17. The fourth-order valence-corrected chi connectivity index (χ4v) is 3.77. The van der Waals surface area contributed by atoms with Gasteiger partial charge >= 0.3 is 5.69 Å². The maximum Gasteiger partial charge on any atom is 0.332 e. The lowest BCUT2D eigenvalue weighted by Crippen LogP contribution is -2.39. The van der Waals surface area contributed by atoms with Gasteiger partial charge in [0.2, 0.25) is 0 Å². The molecule has 0 aliphatic carbocycles. The Hall–Kier alpha value is -3.20. The quantitative estimate of drug-likeness (QED) is 0.608. The summed E-state index contributed by atoms with van der Waals surface area (Å²) >= 11 is 0. The molecule has 3 aromatic rings. The zero-order chi connectivity index (χ0) is 22.7. The van der Waals surface area contributed by atoms with Crippen LogP contribution in [0.1, 0.15) is 38.1 Å². The van der Waals surface area contributed by atoms with Gasteiger partial charge in [-0.2, -0.15) is 0 Å². The summed E-state index contributed by atoms with van der Waals surface area (Å²) in [5.74, 6) is 1.08. The number of nitrogens with zero attached hydrogens (tertiary/aromatic N) is 3. The van der Waals surface area contributed by atoms with E-state index in [1.807, 2.05) is 25.1 Å². The molecule has 0 radical (unpaired) electrons. The van der Waals surface area contributed by atoms with Crippen LogP contribution in [0.5, 0.6) is 5.75 Å². The smallest absolute Gasteiger partial charge is 0.332 e. The summed E-state index contributed by atoms with van der Waals surface area (Å²) in [5.41, 5.74) is -0.526. The average Bonchev–Trinajstić information content (AvgIpc) is 3.22. The first kappa shape index (κ1) is 22.0. The SMILES string of the molecule is CCn1c(=O)c2[nH]c(/C=C/c3ccc(OCC4(F)CCOCC4)cc3)nc2n(CC)c1=O. The van der Waals surface area contributed by atoms with Crippen molar-refractivity contribution in [3.63, 3.8) is 0 Å². The molecule has 9 heteroatoms. The van der Waals surface area contributed by atoms with Crippen LogP contribution in [0.15, 0.2) is 33.9 Å². The normalized spacial score (nSPS) is 16.1. The molecule has 3 heterocycles. The maximum atomic E-state index is 14.6. The van der Waals surface area contributed by atoms with Gasteiger partial charge in [0.05, 0.1) is 0 Å². The number of halogens is 1. The minimum Gasteiger partial charge on any atom is -0.490 e. The van der Waals surface area contributed by atoms with Crippen molar-refractivity contribution in [2.75, 3.05) is 19.8 Å². The molecule has 1 aliphatic rings. The number of aromatic nitrogens is 4. The lowest BCUT2D eigenvalue weighted by Gasteiger charge is -2.29. The van der Waals surface area contributed by atoms with Crippen molar-refractivity contribution in [3.05, 3.63) is 56.5 Å². The molecule has 170 valence electrons. The van der Waals surface area contributed by atoms with E-state index in [0.717, 1.165) is 5.56 Å². The Kier molecular flexibility index (Phi) is 6.27. The Morgan fingerprint density at radius 2 is 1.81 bits per heavy atom. The number of alkyl halides is 1. The molecule has 1 aliphatic heterocycles. The minimum absolute atomic E-state index is 0.0128. The fourth-order valence-electron chi connectivity index (χ4n) is 3.77. The molecule has 0 amide bonds. The first-order chi connectivity index (χ1) is 15.4. The molecule has 0 saturated carbocycles. The third-order valence-electron chi connectivity index (χ3n) is 5.71. The Labute approximate surface area is 184 Å². The molecule has 8 nitrogen and oxygen atoms in total. The molecule has 32 heavy (non-hydrogen) atoms. The average molecular weight is 442 g/mol. The number of aromatic amines is 1. The van der Waals surface area contributed by atoms with Gasteiger partial charge in [-0.1, -0.05) is 18.2 Å². The van der Waals surface area contributed by atoms with E-state index in [2.05, 4.69) is 9.97 Å². The van der Waals surface area contributed by atoms with Crippen molar-refractivity contribution >= 4 is 23.3 Å². The topological polar surface area (TPSA) is 91.1 Å². The van der Waals surface area contributed by atoms with E-state index in [4.69, 9.17) is 9.47 Å².